The van der Waals surface area contributed by atoms with Gasteiger partial charge in [0.25, 0.3) is 0 Å². The fourth-order valence-electron chi connectivity index (χ4n) is 2.81. The molecule has 0 bridgehead atoms. The van der Waals surface area contributed by atoms with Crippen LogP contribution in [0.25, 0.3) is 0 Å². The van der Waals surface area contributed by atoms with Crippen LogP contribution < -0.4 is 5.32 Å². The van der Waals surface area contributed by atoms with E-state index in [9.17, 15) is 4.79 Å². The fraction of sp³-hybridized carbons (Fsp3) is 0.444. The highest BCUT2D eigenvalue weighted by Crippen LogP contribution is 2.28. The smallest absolute Gasteiger partial charge is 0.227 e. The first-order chi connectivity index (χ1) is 10.4. The zero-order valence-electron chi connectivity index (χ0n) is 13.7. The van der Waals surface area contributed by atoms with Crippen molar-refractivity contribution in [3.8, 4) is 0 Å². The molecule has 0 fully saturated rings. The number of rotatable bonds is 6. The number of amides is 1. The van der Waals surface area contributed by atoms with E-state index >= 15 is 0 Å². The summed E-state index contributed by atoms with van der Waals surface area (Å²) in [4.78, 5) is 12.1. The first kappa shape index (κ1) is 16.3. The molecule has 0 radical (unpaired) electrons. The molecular weight excluding hydrogens is 276 g/mol. The van der Waals surface area contributed by atoms with E-state index in [1.807, 2.05) is 32.0 Å². The van der Waals surface area contributed by atoms with Crippen molar-refractivity contribution < 1.29 is 9.32 Å². The lowest BCUT2D eigenvalue weighted by Crippen LogP contribution is -2.38. The molecule has 4 heteroatoms. The predicted octanol–water partition coefficient (Wildman–Crippen LogP) is 3.40. The average Bonchev–Trinajstić information content (AvgIpc) is 2.84. The first-order valence-corrected chi connectivity index (χ1v) is 7.64. The van der Waals surface area contributed by atoms with Gasteiger partial charge in [-0.2, -0.15) is 0 Å². The average molecular weight is 300 g/mol. The molecule has 0 aliphatic rings. The summed E-state index contributed by atoms with van der Waals surface area (Å²) < 4.78 is 5.08. The Morgan fingerprint density at radius 1 is 1.32 bits per heavy atom. The van der Waals surface area contributed by atoms with E-state index in [4.69, 9.17) is 4.52 Å². The predicted molar refractivity (Wildman–Crippen MR) is 86.6 cm³/mol. The Kier molecular flexibility index (Phi) is 5.01. The Bertz CT molecular complexity index is 617. The summed E-state index contributed by atoms with van der Waals surface area (Å²) in [6.07, 6.45) is 1.11. The third kappa shape index (κ3) is 4.45. The maximum Gasteiger partial charge on any atom is 0.227 e. The largest absolute Gasteiger partial charge is 0.361 e. The van der Waals surface area contributed by atoms with E-state index in [0.29, 0.717) is 5.76 Å². The van der Waals surface area contributed by atoms with Crippen molar-refractivity contribution in [1.29, 1.82) is 0 Å². The Balaban J connectivity index is 1.89. The molecule has 0 saturated carbocycles. The van der Waals surface area contributed by atoms with E-state index < -0.39 is 0 Å². The second-order valence-electron chi connectivity index (χ2n) is 6.53. The second-order valence-corrected chi connectivity index (χ2v) is 6.53. The van der Waals surface area contributed by atoms with Gasteiger partial charge in [-0.3, -0.25) is 4.79 Å². The Hall–Kier alpha value is -2.10. The van der Waals surface area contributed by atoms with Crippen LogP contribution in [-0.4, -0.2) is 17.1 Å². The molecule has 4 nitrogen and oxygen atoms in total. The maximum absolute atomic E-state index is 12.1. The van der Waals surface area contributed by atoms with Crippen LogP contribution in [0.2, 0.25) is 0 Å². The van der Waals surface area contributed by atoms with Gasteiger partial charge in [0.2, 0.25) is 5.91 Å². The molecule has 22 heavy (non-hydrogen) atoms. The normalized spacial score (nSPS) is 12.9. The van der Waals surface area contributed by atoms with Crippen LogP contribution in [0.1, 0.15) is 44.2 Å². The number of nitrogens with one attached hydrogen (secondary N) is 1. The van der Waals surface area contributed by atoms with Crippen molar-refractivity contribution in [3.63, 3.8) is 0 Å². The van der Waals surface area contributed by atoms with Gasteiger partial charge in [-0.15, -0.1) is 0 Å². The lowest BCUT2D eigenvalue weighted by Gasteiger charge is -2.29. The van der Waals surface area contributed by atoms with Gasteiger partial charge in [0.15, 0.2) is 0 Å². The van der Waals surface area contributed by atoms with Crippen molar-refractivity contribution in [2.24, 2.45) is 0 Å². The Morgan fingerprint density at radius 2 is 2.00 bits per heavy atom. The zero-order valence-corrected chi connectivity index (χ0v) is 13.7. The van der Waals surface area contributed by atoms with Crippen molar-refractivity contribution in [2.75, 3.05) is 0 Å². The molecule has 0 aliphatic heterocycles. The third-order valence-electron chi connectivity index (χ3n) is 3.79. The lowest BCUT2D eigenvalue weighted by molar-refractivity contribution is -0.121. The highest BCUT2D eigenvalue weighted by Gasteiger charge is 2.24. The van der Waals surface area contributed by atoms with Gasteiger partial charge in [0.05, 0.1) is 12.1 Å². The van der Waals surface area contributed by atoms with Gasteiger partial charge in [0, 0.05) is 12.1 Å². The molecule has 1 aromatic heterocycles. The van der Waals surface area contributed by atoms with Gasteiger partial charge in [-0.1, -0.05) is 49.3 Å². The summed E-state index contributed by atoms with van der Waals surface area (Å²) >= 11 is 0. The SMILES string of the molecule is Cc1cc(CC(=O)NC(C)CC(C)(C)c2ccccc2)on1. The first-order valence-electron chi connectivity index (χ1n) is 7.64. The highest BCUT2D eigenvalue weighted by atomic mass is 16.5. The van der Waals surface area contributed by atoms with Gasteiger partial charge in [0.1, 0.15) is 5.76 Å². The third-order valence-corrected chi connectivity index (χ3v) is 3.79. The minimum absolute atomic E-state index is 0.0107. The van der Waals surface area contributed by atoms with Gasteiger partial charge >= 0.3 is 0 Å². The number of carbonyl (C=O) groups is 1. The summed E-state index contributed by atoms with van der Waals surface area (Å²) in [7, 11) is 0. The number of aromatic nitrogens is 1. The number of carbonyl (C=O) groups excluding carboxylic acids is 1. The minimum Gasteiger partial charge on any atom is -0.361 e. The molecular formula is C18H24N2O2. The number of hydrogen-bond donors (Lipinski definition) is 1. The van der Waals surface area contributed by atoms with Crippen LogP contribution >= 0.6 is 0 Å². The van der Waals surface area contributed by atoms with E-state index in [-0.39, 0.29) is 23.8 Å². The van der Waals surface area contributed by atoms with Crippen LogP contribution in [0.4, 0.5) is 0 Å². The van der Waals surface area contributed by atoms with Gasteiger partial charge < -0.3 is 9.84 Å². The molecule has 0 saturated heterocycles. The molecule has 2 aromatic rings. The number of hydrogen-bond acceptors (Lipinski definition) is 3. The Labute approximate surface area is 131 Å². The van der Waals surface area contributed by atoms with Crippen LogP contribution in [0.5, 0.6) is 0 Å². The lowest BCUT2D eigenvalue weighted by atomic mass is 9.79. The van der Waals surface area contributed by atoms with E-state index in [1.54, 1.807) is 6.07 Å². The molecule has 1 amide bonds. The van der Waals surface area contributed by atoms with Gasteiger partial charge in [-0.25, -0.2) is 0 Å². The van der Waals surface area contributed by atoms with Crippen molar-refractivity contribution in [1.82, 2.24) is 10.5 Å². The van der Waals surface area contributed by atoms with Gasteiger partial charge in [-0.05, 0) is 31.2 Å². The highest BCUT2D eigenvalue weighted by molar-refractivity contribution is 5.78. The molecule has 1 atom stereocenters. The molecule has 1 aromatic carbocycles. The van der Waals surface area contributed by atoms with Crippen molar-refractivity contribution >= 4 is 5.91 Å². The summed E-state index contributed by atoms with van der Waals surface area (Å²) in [5, 5.41) is 6.83. The second kappa shape index (κ2) is 6.77. The Morgan fingerprint density at radius 3 is 2.59 bits per heavy atom. The molecule has 1 unspecified atom stereocenters. The monoisotopic (exact) mass is 300 g/mol. The van der Waals surface area contributed by atoms with E-state index in [0.717, 1.165) is 12.1 Å². The zero-order chi connectivity index (χ0) is 16.2. The molecule has 118 valence electrons. The van der Waals surface area contributed by atoms with Crippen molar-refractivity contribution in [2.45, 2.75) is 52.0 Å². The molecule has 1 heterocycles. The number of nitrogens with zero attached hydrogens (tertiary/aromatic N) is 1. The molecule has 0 aliphatic carbocycles. The summed E-state index contributed by atoms with van der Waals surface area (Å²) in [6, 6.07) is 12.3. The summed E-state index contributed by atoms with van der Waals surface area (Å²) in [5.41, 5.74) is 2.08. The molecule has 2 rings (SSSR count). The number of benzene rings is 1. The molecule has 1 N–H and O–H groups in total. The van der Waals surface area contributed by atoms with Crippen LogP contribution in [-0.2, 0) is 16.6 Å². The van der Waals surface area contributed by atoms with E-state index in [2.05, 4.69) is 36.5 Å². The summed E-state index contributed by atoms with van der Waals surface area (Å²) in [6.45, 7) is 8.28. The van der Waals surface area contributed by atoms with Crippen LogP contribution in [0.3, 0.4) is 0 Å². The quantitative estimate of drug-likeness (QED) is 0.889. The number of aryl methyl sites for hydroxylation is 1. The van der Waals surface area contributed by atoms with Crippen molar-refractivity contribution in [3.05, 3.63) is 53.4 Å². The molecule has 0 spiro atoms. The topological polar surface area (TPSA) is 55.1 Å². The van der Waals surface area contributed by atoms with Crippen LogP contribution in [0.15, 0.2) is 40.9 Å². The maximum atomic E-state index is 12.1. The fourth-order valence-corrected chi connectivity index (χ4v) is 2.81. The van der Waals surface area contributed by atoms with Crippen LogP contribution in [0, 0.1) is 6.92 Å². The summed E-state index contributed by atoms with van der Waals surface area (Å²) in [5.74, 6) is 0.567. The standard InChI is InChI=1S/C18H24N2O2/c1-13-10-16(22-20-13)11-17(21)19-14(2)12-18(3,4)15-8-6-5-7-9-15/h5-10,14H,11-12H2,1-4H3,(H,19,21). The minimum atomic E-state index is -0.0347. The van der Waals surface area contributed by atoms with E-state index in [1.165, 1.54) is 5.56 Å².